The van der Waals surface area contributed by atoms with Crippen molar-refractivity contribution < 1.29 is 0 Å². The average Bonchev–Trinajstić information content (AvgIpc) is 0.692. The molecule has 0 unspecified atom stereocenters. The fourth-order valence-electron chi connectivity index (χ4n) is 14.6. The molecular formula is C95H96BN3. The van der Waals surface area contributed by atoms with Crippen molar-refractivity contribution in [2.45, 2.75) is 157 Å². The van der Waals surface area contributed by atoms with Crippen LogP contribution in [-0.4, -0.2) is 11.7 Å². The van der Waals surface area contributed by atoms with Crippen molar-refractivity contribution >= 4 is 57.2 Å². The Labute approximate surface area is 591 Å². The van der Waals surface area contributed by atoms with Crippen molar-refractivity contribution in [3.8, 4) is 78.1 Å². The Balaban J connectivity index is 1.15. The topological polar surface area (TPSA) is 19.4 Å². The SMILES string of the molecule is CC(C)(C)c1cc(N2c3ccc(C(C)(C)C)cc3B3c4cc(C(C)(C)C)ccc4N(c4cc(C(C)(C)C)cc(C(C)(C)C)c4)c4cc(-c5cc(-c6cc(-c7ccccc7)cc(-c7ccccc7)c6)cc(-c6cc(-c7ccccc7)cc(-c7ccccc7)c6)n5)cc2c43)cc(C(C)(C)C)c1. The summed E-state index contributed by atoms with van der Waals surface area (Å²) in [7, 11) is 0. The van der Waals surface area contributed by atoms with Gasteiger partial charge in [-0.15, -0.1) is 0 Å². The van der Waals surface area contributed by atoms with Crippen LogP contribution >= 0.6 is 0 Å². The van der Waals surface area contributed by atoms with Gasteiger partial charge in [-0.3, -0.25) is 0 Å². The molecule has 0 radical (unpaired) electrons. The molecule has 12 aromatic rings. The van der Waals surface area contributed by atoms with Gasteiger partial charge in [0.25, 0.3) is 6.71 Å². The van der Waals surface area contributed by atoms with Crippen molar-refractivity contribution in [3.63, 3.8) is 0 Å². The molecule has 4 heteroatoms. The Morgan fingerprint density at radius 1 is 0.222 bits per heavy atom. The van der Waals surface area contributed by atoms with Crippen molar-refractivity contribution in [3.05, 3.63) is 288 Å². The molecule has 11 aromatic carbocycles. The second-order valence-electron chi connectivity index (χ2n) is 34.3. The molecule has 3 nitrogen and oxygen atoms in total. The standard InChI is InChI=1S/C95H96BN3/c1-90(2,3)73-39-41-85-81(59-73)96-82-60-74(91(4,5)6)40-42-86(82)99(80-57-77(94(13,14)15)54-78(58-80)95(16,17)18)88-52-72(51-87(89(88)96)98(85)79-55-75(92(7,8)9)53-76(56-79)93(10,11)12)84-50-70(69-45-65(61-31-23-19-24-32-61)43-66(46-69)62-33-25-20-26-34-62)49-83(97-84)71-47-67(63-35-27-21-28-36-63)44-68(48-71)64-37-29-22-30-38-64/h19-60H,1-18H3. The molecule has 1 aromatic heterocycles. The van der Waals surface area contributed by atoms with Crippen LogP contribution in [0.3, 0.4) is 0 Å². The first-order valence-corrected chi connectivity index (χ1v) is 35.8. The quantitative estimate of drug-likeness (QED) is 0.134. The summed E-state index contributed by atoms with van der Waals surface area (Å²) in [5, 5.41) is 0. The van der Waals surface area contributed by atoms with Gasteiger partial charge >= 0.3 is 0 Å². The number of aromatic nitrogens is 1. The third-order valence-corrected chi connectivity index (χ3v) is 20.7. The molecule has 0 fully saturated rings. The molecule has 99 heavy (non-hydrogen) atoms. The van der Waals surface area contributed by atoms with Gasteiger partial charge in [-0.1, -0.05) is 282 Å². The molecule has 2 aliphatic rings. The van der Waals surface area contributed by atoms with E-state index in [0.717, 1.165) is 101 Å². The summed E-state index contributed by atoms with van der Waals surface area (Å²) in [6.07, 6.45) is 0. The summed E-state index contributed by atoms with van der Waals surface area (Å²) in [4.78, 5) is 11.4. The number of nitrogens with zero attached hydrogens (tertiary/aromatic N) is 3. The summed E-state index contributed by atoms with van der Waals surface area (Å²) in [6.45, 7) is 42.4. The highest BCUT2D eigenvalue weighted by Crippen LogP contribution is 2.50. The number of pyridine rings is 1. The lowest BCUT2D eigenvalue weighted by Crippen LogP contribution is -2.61. The maximum atomic E-state index is 6.10. The van der Waals surface area contributed by atoms with E-state index in [1.165, 1.54) is 61.1 Å². The molecule has 3 heterocycles. The Morgan fingerprint density at radius 3 is 0.778 bits per heavy atom. The number of benzene rings is 11. The van der Waals surface area contributed by atoms with Gasteiger partial charge in [0.2, 0.25) is 0 Å². The lowest BCUT2D eigenvalue weighted by atomic mass is 9.33. The Kier molecular flexibility index (Phi) is 16.5. The first kappa shape index (κ1) is 66.5. The lowest BCUT2D eigenvalue weighted by molar-refractivity contribution is 0.568. The van der Waals surface area contributed by atoms with E-state index in [0.29, 0.717) is 0 Å². The van der Waals surface area contributed by atoms with Gasteiger partial charge in [0, 0.05) is 45.3 Å². The second kappa shape index (κ2) is 24.6. The van der Waals surface area contributed by atoms with E-state index in [1.54, 1.807) is 0 Å². The van der Waals surface area contributed by atoms with Crippen molar-refractivity contribution in [2.75, 3.05) is 9.80 Å². The maximum Gasteiger partial charge on any atom is 0.252 e. The zero-order chi connectivity index (χ0) is 69.9. The zero-order valence-electron chi connectivity index (χ0n) is 61.7. The van der Waals surface area contributed by atoms with Gasteiger partial charge in [-0.2, -0.15) is 0 Å². The van der Waals surface area contributed by atoms with Crippen LogP contribution in [0.5, 0.6) is 0 Å². The Morgan fingerprint density at radius 2 is 0.485 bits per heavy atom. The van der Waals surface area contributed by atoms with E-state index in [1.807, 2.05) is 0 Å². The van der Waals surface area contributed by atoms with Crippen molar-refractivity contribution in [1.82, 2.24) is 4.98 Å². The minimum absolute atomic E-state index is 0.120. The number of rotatable bonds is 9. The van der Waals surface area contributed by atoms with E-state index in [4.69, 9.17) is 4.98 Å². The van der Waals surface area contributed by atoms with E-state index in [9.17, 15) is 0 Å². The molecule has 0 atom stereocenters. The van der Waals surface area contributed by atoms with E-state index in [-0.39, 0.29) is 39.2 Å². The molecule has 0 amide bonds. The van der Waals surface area contributed by atoms with Gasteiger partial charge < -0.3 is 9.80 Å². The largest absolute Gasteiger partial charge is 0.311 e. The number of anilines is 6. The molecule has 0 saturated carbocycles. The van der Waals surface area contributed by atoms with Crippen LogP contribution in [0, 0.1) is 0 Å². The minimum Gasteiger partial charge on any atom is -0.311 e. The summed E-state index contributed by atoms with van der Waals surface area (Å²) in [6, 6.07) is 97.1. The van der Waals surface area contributed by atoms with Crippen LogP contribution in [0.1, 0.15) is 158 Å². The molecule has 0 N–H and O–H groups in total. The van der Waals surface area contributed by atoms with Crippen LogP contribution in [0.2, 0.25) is 0 Å². The van der Waals surface area contributed by atoms with Gasteiger partial charge in [0.05, 0.1) is 11.4 Å². The molecule has 0 spiro atoms. The van der Waals surface area contributed by atoms with Crippen molar-refractivity contribution in [2.24, 2.45) is 0 Å². The third kappa shape index (κ3) is 13.0. The van der Waals surface area contributed by atoms with E-state index >= 15 is 0 Å². The molecule has 0 bridgehead atoms. The zero-order valence-corrected chi connectivity index (χ0v) is 61.7. The highest BCUT2D eigenvalue weighted by molar-refractivity contribution is 7.00. The highest BCUT2D eigenvalue weighted by Gasteiger charge is 2.45. The average molecular weight is 1290 g/mol. The lowest BCUT2D eigenvalue weighted by Gasteiger charge is -2.45. The minimum atomic E-state index is -0.145. The monoisotopic (exact) mass is 1290 g/mol. The van der Waals surface area contributed by atoms with Crippen LogP contribution in [0.15, 0.2) is 255 Å². The molecule has 2 aliphatic heterocycles. The summed E-state index contributed by atoms with van der Waals surface area (Å²) in [5.41, 5.74) is 33.2. The fraction of sp³-hybridized carbons (Fsp3) is 0.253. The third-order valence-electron chi connectivity index (χ3n) is 20.7. The first-order chi connectivity index (χ1) is 46.8. The smallest absolute Gasteiger partial charge is 0.252 e. The highest BCUT2D eigenvalue weighted by atomic mass is 15.2. The molecule has 14 rings (SSSR count). The van der Waals surface area contributed by atoms with Gasteiger partial charge in [0.1, 0.15) is 0 Å². The summed E-state index contributed by atoms with van der Waals surface area (Å²) >= 11 is 0. The summed E-state index contributed by atoms with van der Waals surface area (Å²) in [5.74, 6) is 0. The predicted molar refractivity (Wildman–Crippen MR) is 429 cm³/mol. The summed E-state index contributed by atoms with van der Waals surface area (Å²) < 4.78 is 0. The van der Waals surface area contributed by atoms with Gasteiger partial charge in [-0.05, 0) is 235 Å². The maximum absolute atomic E-state index is 6.10. The first-order valence-electron chi connectivity index (χ1n) is 35.8. The van der Waals surface area contributed by atoms with Gasteiger partial charge in [0.15, 0.2) is 0 Å². The number of hydrogen-bond acceptors (Lipinski definition) is 3. The fourth-order valence-corrected chi connectivity index (χ4v) is 14.6. The normalized spacial score (nSPS) is 13.3. The molecule has 494 valence electrons. The Hall–Kier alpha value is -9.77. The Bertz CT molecular complexity index is 4570. The number of hydrogen-bond donors (Lipinski definition) is 0. The predicted octanol–water partition coefficient (Wildman–Crippen LogP) is 24.6. The van der Waals surface area contributed by atoms with Crippen LogP contribution < -0.4 is 26.2 Å². The second-order valence-corrected chi connectivity index (χ2v) is 34.3. The van der Waals surface area contributed by atoms with Gasteiger partial charge in [-0.25, -0.2) is 4.98 Å². The number of fused-ring (bicyclic) bond motifs is 4. The van der Waals surface area contributed by atoms with Crippen molar-refractivity contribution in [1.29, 1.82) is 0 Å². The van der Waals surface area contributed by atoms with Crippen LogP contribution in [0.25, 0.3) is 78.1 Å². The van der Waals surface area contributed by atoms with E-state index in [2.05, 4.69) is 389 Å². The van der Waals surface area contributed by atoms with Crippen LogP contribution in [-0.2, 0) is 32.5 Å². The molecular weight excluding hydrogens is 1190 g/mol. The van der Waals surface area contributed by atoms with Crippen LogP contribution in [0.4, 0.5) is 34.1 Å². The molecule has 0 saturated heterocycles. The van der Waals surface area contributed by atoms with E-state index < -0.39 is 0 Å². The molecule has 0 aliphatic carbocycles.